The lowest BCUT2D eigenvalue weighted by atomic mass is 9.89. The smallest absolute Gasteiger partial charge is 0.113 e. The molecule has 1 aromatic rings. The molecular formula is C10H17N3S. The van der Waals surface area contributed by atoms with E-state index >= 15 is 0 Å². The molecule has 0 aliphatic carbocycles. The first-order chi connectivity index (χ1) is 6.60. The van der Waals surface area contributed by atoms with Gasteiger partial charge in [-0.15, -0.1) is 11.3 Å². The molecule has 0 spiro atoms. The Morgan fingerprint density at radius 1 is 1.50 bits per heavy atom. The van der Waals surface area contributed by atoms with Crippen molar-refractivity contribution in [3.63, 3.8) is 0 Å². The second-order valence-corrected chi connectivity index (χ2v) is 5.47. The van der Waals surface area contributed by atoms with Crippen LogP contribution in [0.2, 0.25) is 0 Å². The molecule has 1 saturated heterocycles. The summed E-state index contributed by atoms with van der Waals surface area (Å²) in [6.45, 7) is 4.24. The minimum Gasteiger partial charge on any atom is -0.319 e. The van der Waals surface area contributed by atoms with Gasteiger partial charge in [-0.25, -0.2) is 4.98 Å². The molecule has 1 aliphatic heterocycles. The second-order valence-electron chi connectivity index (χ2n) is 4.24. The number of nitrogens with zero attached hydrogens (tertiary/aromatic N) is 2. The van der Waals surface area contributed by atoms with Crippen molar-refractivity contribution in [2.45, 2.75) is 25.3 Å². The summed E-state index contributed by atoms with van der Waals surface area (Å²) in [5, 5.41) is 1.11. The standard InChI is InChI=1S/C10H17N3S/c1-8-7-12-9(14-8)10(11)3-5-13(2)6-4-10/h7H,3-6,11H2,1-2H3. The van der Waals surface area contributed by atoms with Gasteiger partial charge in [0.05, 0.1) is 5.54 Å². The van der Waals surface area contributed by atoms with Crippen LogP contribution < -0.4 is 5.73 Å². The fourth-order valence-corrected chi connectivity index (χ4v) is 2.74. The largest absolute Gasteiger partial charge is 0.319 e. The predicted octanol–water partition coefficient (Wildman–Crippen LogP) is 1.33. The lowest BCUT2D eigenvalue weighted by Crippen LogP contribution is -2.46. The Hall–Kier alpha value is -0.450. The Morgan fingerprint density at radius 2 is 2.14 bits per heavy atom. The highest BCUT2D eigenvalue weighted by atomic mass is 32.1. The zero-order valence-corrected chi connectivity index (χ0v) is 9.60. The number of aryl methyl sites for hydroxylation is 1. The molecule has 4 heteroatoms. The van der Waals surface area contributed by atoms with Gasteiger partial charge < -0.3 is 10.6 Å². The Bertz CT molecular complexity index is 313. The molecule has 0 unspecified atom stereocenters. The fourth-order valence-electron chi connectivity index (χ4n) is 1.82. The van der Waals surface area contributed by atoms with Crippen LogP contribution in [0.4, 0.5) is 0 Å². The summed E-state index contributed by atoms with van der Waals surface area (Å²) in [6, 6.07) is 0. The number of rotatable bonds is 1. The Balaban J connectivity index is 2.16. The van der Waals surface area contributed by atoms with Gasteiger partial charge in [-0.3, -0.25) is 0 Å². The maximum Gasteiger partial charge on any atom is 0.113 e. The first-order valence-electron chi connectivity index (χ1n) is 5.00. The zero-order chi connectivity index (χ0) is 10.2. The number of nitrogens with two attached hydrogens (primary N) is 1. The number of likely N-dealkylation sites (tertiary alicyclic amines) is 1. The fraction of sp³-hybridized carbons (Fsp3) is 0.700. The highest BCUT2D eigenvalue weighted by molar-refractivity contribution is 7.11. The van der Waals surface area contributed by atoms with E-state index in [4.69, 9.17) is 5.73 Å². The van der Waals surface area contributed by atoms with E-state index in [2.05, 4.69) is 23.9 Å². The van der Waals surface area contributed by atoms with E-state index in [1.54, 1.807) is 11.3 Å². The molecule has 3 nitrogen and oxygen atoms in total. The van der Waals surface area contributed by atoms with Gasteiger partial charge in [0.1, 0.15) is 5.01 Å². The van der Waals surface area contributed by atoms with Crippen LogP contribution in [-0.4, -0.2) is 30.0 Å². The third-order valence-electron chi connectivity index (χ3n) is 2.93. The van der Waals surface area contributed by atoms with Gasteiger partial charge in [-0.2, -0.15) is 0 Å². The van der Waals surface area contributed by atoms with Crippen LogP contribution in [-0.2, 0) is 5.54 Å². The van der Waals surface area contributed by atoms with E-state index in [1.807, 2.05) is 6.20 Å². The summed E-state index contributed by atoms with van der Waals surface area (Å²) in [6.07, 6.45) is 3.97. The topological polar surface area (TPSA) is 42.1 Å². The normalized spacial score (nSPS) is 22.5. The third kappa shape index (κ3) is 1.82. The molecule has 2 rings (SSSR count). The van der Waals surface area contributed by atoms with E-state index in [9.17, 15) is 0 Å². The van der Waals surface area contributed by atoms with Gasteiger partial charge in [0.2, 0.25) is 0 Å². The number of hydrogen-bond donors (Lipinski definition) is 1. The average molecular weight is 211 g/mol. The van der Waals surface area contributed by atoms with Crippen molar-refractivity contribution < 1.29 is 0 Å². The Labute approximate surface area is 88.9 Å². The molecule has 2 heterocycles. The minimum absolute atomic E-state index is 0.161. The van der Waals surface area contributed by atoms with Crippen LogP contribution in [0.5, 0.6) is 0 Å². The molecule has 0 atom stereocenters. The summed E-state index contributed by atoms with van der Waals surface area (Å²) < 4.78 is 0. The van der Waals surface area contributed by atoms with Crippen molar-refractivity contribution in [2.24, 2.45) is 5.73 Å². The summed E-state index contributed by atoms with van der Waals surface area (Å²) >= 11 is 1.74. The van der Waals surface area contributed by atoms with E-state index in [0.717, 1.165) is 30.9 Å². The van der Waals surface area contributed by atoms with E-state index in [1.165, 1.54) is 4.88 Å². The molecule has 14 heavy (non-hydrogen) atoms. The average Bonchev–Trinajstić information content (AvgIpc) is 2.58. The molecule has 0 amide bonds. The zero-order valence-electron chi connectivity index (χ0n) is 8.79. The Kier molecular flexibility index (Phi) is 2.60. The van der Waals surface area contributed by atoms with Gasteiger partial charge >= 0.3 is 0 Å². The predicted molar refractivity (Wildman–Crippen MR) is 59.4 cm³/mol. The molecule has 0 bridgehead atoms. The highest BCUT2D eigenvalue weighted by Crippen LogP contribution is 2.32. The van der Waals surface area contributed by atoms with Crippen LogP contribution in [0.25, 0.3) is 0 Å². The number of hydrogen-bond acceptors (Lipinski definition) is 4. The van der Waals surface area contributed by atoms with Gasteiger partial charge in [0.25, 0.3) is 0 Å². The van der Waals surface area contributed by atoms with Gasteiger partial charge in [0, 0.05) is 11.1 Å². The van der Waals surface area contributed by atoms with Crippen LogP contribution in [0, 0.1) is 6.92 Å². The number of aromatic nitrogens is 1. The van der Waals surface area contributed by atoms with Gasteiger partial charge in [-0.1, -0.05) is 0 Å². The SMILES string of the molecule is Cc1cnc(C2(N)CCN(C)CC2)s1. The van der Waals surface area contributed by atoms with Crippen molar-refractivity contribution >= 4 is 11.3 Å². The molecular weight excluding hydrogens is 194 g/mol. The Morgan fingerprint density at radius 3 is 2.64 bits per heavy atom. The van der Waals surface area contributed by atoms with Gasteiger partial charge in [-0.05, 0) is 39.9 Å². The maximum atomic E-state index is 6.38. The summed E-state index contributed by atoms with van der Waals surface area (Å²) in [4.78, 5) is 7.99. The monoisotopic (exact) mass is 211 g/mol. The van der Waals surface area contributed by atoms with E-state index in [0.29, 0.717) is 0 Å². The molecule has 1 aromatic heterocycles. The maximum absolute atomic E-state index is 6.38. The molecule has 0 saturated carbocycles. The first-order valence-corrected chi connectivity index (χ1v) is 5.82. The summed E-state index contributed by atoms with van der Waals surface area (Å²) in [5.41, 5.74) is 6.22. The number of piperidine rings is 1. The first kappa shape index (κ1) is 10.1. The number of thiazole rings is 1. The van der Waals surface area contributed by atoms with Crippen LogP contribution in [0.3, 0.4) is 0 Å². The lowest BCUT2D eigenvalue weighted by molar-refractivity contribution is 0.191. The van der Waals surface area contributed by atoms with Crippen molar-refractivity contribution in [3.8, 4) is 0 Å². The minimum atomic E-state index is -0.161. The quantitative estimate of drug-likeness (QED) is 0.762. The van der Waals surface area contributed by atoms with E-state index < -0.39 is 0 Å². The van der Waals surface area contributed by atoms with Crippen molar-refractivity contribution in [3.05, 3.63) is 16.1 Å². The second kappa shape index (κ2) is 3.61. The highest BCUT2D eigenvalue weighted by Gasteiger charge is 2.33. The van der Waals surface area contributed by atoms with E-state index in [-0.39, 0.29) is 5.54 Å². The van der Waals surface area contributed by atoms with Crippen molar-refractivity contribution in [1.82, 2.24) is 9.88 Å². The van der Waals surface area contributed by atoms with Crippen LogP contribution in [0.15, 0.2) is 6.20 Å². The third-order valence-corrected chi connectivity index (χ3v) is 4.06. The van der Waals surface area contributed by atoms with Crippen LogP contribution in [0.1, 0.15) is 22.7 Å². The molecule has 2 N–H and O–H groups in total. The molecule has 1 fully saturated rings. The summed E-state index contributed by atoms with van der Waals surface area (Å²) in [5.74, 6) is 0. The molecule has 0 radical (unpaired) electrons. The molecule has 1 aliphatic rings. The van der Waals surface area contributed by atoms with Crippen molar-refractivity contribution in [2.75, 3.05) is 20.1 Å². The van der Waals surface area contributed by atoms with Crippen molar-refractivity contribution in [1.29, 1.82) is 0 Å². The lowest BCUT2D eigenvalue weighted by Gasteiger charge is -2.36. The molecule has 78 valence electrons. The van der Waals surface area contributed by atoms with Crippen LogP contribution >= 0.6 is 11.3 Å². The molecule has 0 aromatic carbocycles. The summed E-state index contributed by atoms with van der Waals surface area (Å²) in [7, 11) is 2.15. The van der Waals surface area contributed by atoms with Gasteiger partial charge in [0.15, 0.2) is 0 Å².